The lowest BCUT2D eigenvalue weighted by atomic mass is 9.89. The molecule has 7 heteroatoms. The number of aliphatic hydroxyl groups is 4. The van der Waals surface area contributed by atoms with E-state index in [1.807, 2.05) is 24.3 Å². The van der Waals surface area contributed by atoms with E-state index in [2.05, 4.69) is 6.07 Å². The first-order valence-corrected chi connectivity index (χ1v) is 10.2. The molecular weight excluding hydrogens is 398 g/mol. The lowest BCUT2D eigenvalue weighted by Crippen LogP contribution is -2.55. The highest BCUT2D eigenvalue weighted by molar-refractivity contribution is 5.75. The number of ketones is 1. The van der Waals surface area contributed by atoms with Gasteiger partial charge in [0.05, 0.1) is 18.2 Å². The Morgan fingerprint density at radius 3 is 2.32 bits per heavy atom. The summed E-state index contributed by atoms with van der Waals surface area (Å²) in [5, 5.41) is 49.4. The Morgan fingerprint density at radius 1 is 1.03 bits per heavy atom. The van der Waals surface area contributed by atoms with Crippen LogP contribution in [-0.2, 0) is 22.4 Å². The highest BCUT2D eigenvalue weighted by atomic mass is 16.5. The summed E-state index contributed by atoms with van der Waals surface area (Å²) in [4.78, 5) is 11.2. The summed E-state index contributed by atoms with van der Waals surface area (Å²) < 4.78 is 5.64. The minimum Gasteiger partial charge on any atom is -0.394 e. The number of Topliss-reactive ketones (excluding diaryl/α,β-unsaturated/α-hetero) is 1. The number of hydrogen-bond donors (Lipinski definition) is 4. The molecule has 31 heavy (non-hydrogen) atoms. The quantitative estimate of drug-likeness (QED) is 0.524. The molecule has 4 N–H and O–H groups in total. The number of benzene rings is 2. The van der Waals surface area contributed by atoms with E-state index in [1.54, 1.807) is 25.1 Å². The summed E-state index contributed by atoms with van der Waals surface area (Å²) in [7, 11) is 0. The zero-order valence-corrected chi connectivity index (χ0v) is 17.3. The first-order valence-electron chi connectivity index (χ1n) is 10.2. The maximum atomic E-state index is 11.2. The van der Waals surface area contributed by atoms with Crippen LogP contribution in [0.15, 0.2) is 42.5 Å². The van der Waals surface area contributed by atoms with Crippen molar-refractivity contribution in [2.45, 2.75) is 56.7 Å². The fraction of sp³-hybridized carbons (Fsp3) is 0.417. The molecule has 5 atom stereocenters. The third-order valence-electron chi connectivity index (χ3n) is 5.65. The van der Waals surface area contributed by atoms with Gasteiger partial charge in [0, 0.05) is 6.42 Å². The van der Waals surface area contributed by atoms with Crippen LogP contribution in [0.25, 0.3) is 0 Å². The molecule has 1 aliphatic heterocycles. The Labute approximate surface area is 181 Å². The first-order chi connectivity index (χ1) is 14.8. The Kier molecular flexibility index (Phi) is 7.55. The van der Waals surface area contributed by atoms with Crippen molar-refractivity contribution in [2.24, 2.45) is 0 Å². The smallest absolute Gasteiger partial charge is 0.130 e. The number of aliphatic hydroxyl groups excluding tert-OH is 4. The number of nitriles is 1. The Bertz CT molecular complexity index is 950. The monoisotopic (exact) mass is 425 g/mol. The molecule has 0 saturated carbocycles. The summed E-state index contributed by atoms with van der Waals surface area (Å²) in [5.74, 6) is 0.146. The van der Waals surface area contributed by atoms with Crippen molar-refractivity contribution >= 4 is 5.78 Å². The van der Waals surface area contributed by atoms with Crippen LogP contribution < -0.4 is 0 Å². The molecule has 164 valence electrons. The van der Waals surface area contributed by atoms with Gasteiger partial charge in [0.25, 0.3) is 0 Å². The number of nitrogens with zero attached hydrogens (tertiary/aromatic N) is 1. The van der Waals surface area contributed by atoms with Crippen molar-refractivity contribution in [3.63, 3.8) is 0 Å². The van der Waals surface area contributed by atoms with Crippen molar-refractivity contribution in [1.29, 1.82) is 5.26 Å². The lowest BCUT2D eigenvalue weighted by molar-refractivity contribution is -0.231. The number of carbonyl (C=O) groups excluding carboxylic acids is 1. The molecule has 0 bridgehead atoms. The second-order valence-corrected chi connectivity index (χ2v) is 7.97. The lowest BCUT2D eigenvalue weighted by Gasteiger charge is -2.40. The second-order valence-electron chi connectivity index (χ2n) is 7.97. The van der Waals surface area contributed by atoms with Crippen LogP contribution in [0.4, 0.5) is 0 Å². The number of rotatable bonds is 7. The van der Waals surface area contributed by atoms with Gasteiger partial charge in [-0.1, -0.05) is 36.4 Å². The van der Waals surface area contributed by atoms with E-state index in [-0.39, 0.29) is 5.78 Å². The van der Waals surface area contributed by atoms with Gasteiger partial charge in [-0.25, -0.2) is 0 Å². The molecule has 1 fully saturated rings. The van der Waals surface area contributed by atoms with Gasteiger partial charge in [0.15, 0.2) is 0 Å². The molecule has 0 radical (unpaired) electrons. The number of hydrogen-bond acceptors (Lipinski definition) is 7. The predicted molar refractivity (Wildman–Crippen MR) is 112 cm³/mol. The van der Waals surface area contributed by atoms with Gasteiger partial charge in [-0.2, -0.15) is 5.26 Å². The second kappa shape index (κ2) is 10.1. The van der Waals surface area contributed by atoms with Crippen molar-refractivity contribution in [3.8, 4) is 6.07 Å². The third kappa shape index (κ3) is 5.37. The van der Waals surface area contributed by atoms with E-state index in [0.717, 1.165) is 16.7 Å². The number of ether oxygens (including phenoxy) is 1. The van der Waals surface area contributed by atoms with E-state index in [4.69, 9.17) is 4.74 Å². The van der Waals surface area contributed by atoms with E-state index >= 15 is 0 Å². The summed E-state index contributed by atoms with van der Waals surface area (Å²) in [5.41, 5.74) is 3.80. The number of carbonyl (C=O) groups is 1. The zero-order chi connectivity index (χ0) is 22.5. The molecule has 3 rings (SSSR count). The molecule has 1 aliphatic rings. The van der Waals surface area contributed by atoms with Crippen LogP contribution in [0.3, 0.4) is 0 Å². The van der Waals surface area contributed by atoms with Gasteiger partial charge in [-0.15, -0.1) is 0 Å². The van der Waals surface area contributed by atoms with Crippen molar-refractivity contribution in [2.75, 3.05) is 6.61 Å². The third-order valence-corrected chi connectivity index (χ3v) is 5.65. The SMILES string of the molecule is CC(=O)CCc1ccc(Cc2cc([C@@H]3O[C@H](CO)[C@@H](O)[C@H](O)[C@H]3O)ccc2C#N)cc1. The zero-order valence-electron chi connectivity index (χ0n) is 17.3. The molecule has 0 unspecified atom stereocenters. The first kappa shape index (κ1) is 23.1. The molecular formula is C24H27NO6. The Balaban J connectivity index is 1.82. The van der Waals surface area contributed by atoms with Crippen molar-refractivity contribution < 1.29 is 30.0 Å². The molecule has 0 spiro atoms. The highest BCUT2D eigenvalue weighted by Gasteiger charge is 2.44. The van der Waals surface area contributed by atoms with E-state index in [1.165, 1.54) is 0 Å². The number of aryl methyl sites for hydroxylation is 1. The molecule has 7 nitrogen and oxygen atoms in total. The molecule has 0 aliphatic carbocycles. The fourth-order valence-electron chi connectivity index (χ4n) is 3.79. The molecule has 2 aromatic carbocycles. The van der Waals surface area contributed by atoms with E-state index < -0.39 is 37.1 Å². The normalized spacial score (nSPS) is 25.7. The molecule has 1 heterocycles. The highest BCUT2D eigenvalue weighted by Crippen LogP contribution is 2.33. The largest absolute Gasteiger partial charge is 0.394 e. The van der Waals surface area contributed by atoms with Gasteiger partial charge in [-0.3, -0.25) is 0 Å². The summed E-state index contributed by atoms with van der Waals surface area (Å²) in [6, 6.07) is 15.0. The maximum absolute atomic E-state index is 11.2. The summed E-state index contributed by atoms with van der Waals surface area (Å²) >= 11 is 0. The van der Waals surface area contributed by atoms with Crippen LogP contribution in [0.5, 0.6) is 0 Å². The van der Waals surface area contributed by atoms with Gasteiger partial charge >= 0.3 is 0 Å². The standard InChI is InChI=1S/C24H27NO6/c1-14(27)2-3-15-4-6-16(7-5-15)10-19-11-17(8-9-18(19)12-25)24-23(30)22(29)21(28)20(13-26)31-24/h4-9,11,20-24,26,28-30H,2-3,10,13H2,1H3/t20-,21-,22+,23-,24+/m1/s1. The summed E-state index contributed by atoms with van der Waals surface area (Å²) in [6.07, 6.45) is -4.54. The predicted octanol–water partition coefficient (Wildman–Crippen LogP) is 1.19. The van der Waals surface area contributed by atoms with E-state index in [0.29, 0.717) is 30.4 Å². The fourth-order valence-corrected chi connectivity index (χ4v) is 3.79. The van der Waals surface area contributed by atoms with Crippen LogP contribution in [-0.4, -0.2) is 57.2 Å². The van der Waals surface area contributed by atoms with Crippen LogP contribution >= 0.6 is 0 Å². The van der Waals surface area contributed by atoms with Crippen molar-refractivity contribution in [3.05, 3.63) is 70.3 Å². The molecule has 0 amide bonds. The Hall–Kier alpha value is -2.60. The summed E-state index contributed by atoms with van der Waals surface area (Å²) in [6.45, 7) is 1.07. The molecule has 2 aromatic rings. The minimum atomic E-state index is -1.46. The topological polar surface area (TPSA) is 131 Å². The average Bonchev–Trinajstić information content (AvgIpc) is 2.77. The van der Waals surface area contributed by atoms with Gasteiger partial charge in [-0.05, 0) is 48.1 Å². The minimum absolute atomic E-state index is 0.146. The molecule has 1 saturated heterocycles. The maximum Gasteiger partial charge on any atom is 0.130 e. The van der Waals surface area contributed by atoms with Crippen LogP contribution in [0, 0.1) is 11.3 Å². The van der Waals surface area contributed by atoms with Gasteiger partial charge in [0.2, 0.25) is 0 Å². The molecule has 0 aromatic heterocycles. The Morgan fingerprint density at radius 2 is 1.71 bits per heavy atom. The van der Waals surface area contributed by atoms with Gasteiger partial charge < -0.3 is 30.0 Å². The van der Waals surface area contributed by atoms with Crippen LogP contribution in [0.2, 0.25) is 0 Å². The van der Waals surface area contributed by atoms with Gasteiger partial charge in [0.1, 0.15) is 36.3 Å². The van der Waals surface area contributed by atoms with Crippen LogP contribution in [0.1, 0.15) is 47.3 Å². The average molecular weight is 425 g/mol. The van der Waals surface area contributed by atoms with E-state index in [9.17, 15) is 30.5 Å². The van der Waals surface area contributed by atoms with Crippen molar-refractivity contribution in [1.82, 2.24) is 0 Å².